The highest BCUT2D eigenvalue weighted by Crippen LogP contribution is 2.49. The lowest BCUT2D eigenvalue weighted by atomic mass is 9.88. The minimum atomic E-state index is -0.386. The third kappa shape index (κ3) is 2.89. The van der Waals surface area contributed by atoms with Gasteiger partial charge in [-0.2, -0.15) is 0 Å². The number of ketones is 1. The molecule has 3 aliphatic rings. The number of hydrogen-bond acceptors (Lipinski definition) is 7. The fraction of sp³-hybridized carbons (Fsp3) is 0.167. The molecule has 4 heterocycles. The number of benzene rings is 2. The van der Waals surface area contributed by atoms with Gasteiger partial charge < -0.3 is 23.4 Å². The van der Waals surface area contributed by atoms with Gasteiger partial charge in [0.05, 0.1) is 24.2 Å². The average Bonchev–Trinajstić information content (AvgIpc) is 3.42. The zero-order valence-electron chi connectivity index (χ0n) is 16.3. The number of esters is 1. The Balaban J connectivity index is 1.41. The number of ether oxygens (including phenoxy) is 4. The standard InChI is InChI=1S/C24H16O7/c25-21-12-15(16-2-1-7-27-16)22-18(30-21)6-4-14-23(26)20(31-24(14)22)11-13-3-5-17-19(10-13)29-9-8-28-17/h1-7,10-11,15H,8-9,12H2/b20-11-/t15-/m0/s1. The van der Waals surface area contributed by atoms with E-state index < -0.39 is 0 Å². The lowest BCUT2D eigenvalue weighted by Crippen LogP contribution is -2.21. The van der Waals surface area contributed by atoms with Gasteiger partial charge in [0.25, 0.3) is 0 Å². The third-order valence-electron chi connectivity index (χ3n) is 5.53. The number of carbonyl (C=O) groups is 2. The average molecular weight is 416 g/mol. The molecule has 0 bridgehead atoms. The van der Waals surface area contributed by atoms with Gasteiger partial charge in [-0.05, 0) is 48.0 Å². The van der Waals surface area contributed by atoms with Crippen molar-refractivity contribution >= 4 is 17.8 Å². The first-order valence-electron chi connectivity index (χ1n) is 9.92. The molecule has 1 atom stereocenters. The van der Waals surface area contributed by atoms with Crippen molar-refractivity contribution in [3.8, 4) is 23.0 Å². The molecule has 0 N–H and O–H groups in total. The maximum Gasteiger partial charge on any atom is 0.312 e. The summed E-state index contributed by atoms with van der Waals surface area (Å²) in [5.41, 5.74) is 1.83. The van der Waals surface area contributed by atoms with E-state index in [9.17, 15) is 9.59 Å². The summed E-state index contributed by atoms with van der Waals surface area (Å²) in [4.78, 5) is 25.2. The molecule has 6 rings (SSSR count). The monoisotopic (exact) mass is 416 g/mol. The van der Waals surface area contributed by atoms with Crippen LogP contribution in [-0.2, 0) is 4.79 Å². The van der Waals surface area contributed by atoms with Crippen molar-refractivity contribution in [2.75, 3.05) is 13.2 Å². The van der Waals surface area contributed by atoms with Crippen LogP contribution < -0.4 is 18.9 Å². The lowest BCUT2D eigenvalue weighted by Gasteiger charge is -2.24. The number of carbonyl (C=O) groups excluding carboxylic acids is 2. The van der Waals surface area contributed by atoms with Crippen LogP contribution in [0.3, 0.4) is 0 Å². The third-order valence-corrected chi connectivity index (χ3v) is 5.53. The van der Waals surface area contributed by atoms with E-state index in [2.05, 4.69) is 0 Å². The van der Waals surface area contributed by atoms with E-state index in [0.717, 1.165) is 5.56 Å². The van der Waals surface area contributed by atoms with Crippen molar-refractivity contribution in [2.45, 2.75) is 12.3 Å². The van der Waals surface area contributed by atoms with Crippen LogP contribution in [0.25, 0.3) is 6.08 Å². The van der Waals surface area contributed by atoms with E-state index in [0.29, 0.717) is 53.1 Å². The van der Waals surface area contributed by atoms with Crippen molar-refractivity contribution in [1.82, 2.24) is 0 Å². The van der Waals surface area contributed by atoms with E-state index in [4.69, 9.17) is 23.4 Å². The molecule has 154 valence electrons. The summed E-state index contributed by atoms with van der Waals surface area (Å²) < 4.78 is 28.2. The molecule has 0 saturated heterocycles. The van der Waals surface area contributed by atoms with Gasteiger partial charge >= 0.3 is 5.97 Å². The number of furan rings is 1. The summed E-state index contributed by atoms with van der Waals surface area (Å²) in [7, 11) is 0. The molecule has 0 radical (unpaired) electrons. The maximum atomic E-state index is 13.1. The molecule has 0 amide bonds. The van der Waals surface area contributed by atoms with Gasteiger partial charge in [0.1, 0.15) is 30.5 Å². The Bertz CT molecular complexity index is 1250. The SMILES string of the molecule is O=C1C[C@@H](c2ccco2)c2c(ccc3c2O/C(=C\c2ccc4c(c2)OCCO4)C3=O)O1. The Morgan fingerprint density at radius 3 is 2.58 bits per heavy atom. The van der Waals surface area contributed by atoms with Crippen LogP contribution in [0.15, 0.2) is 58.9 Å². The minimum Gasteiger partial charge on any atom is -0.486 e. The van der Waals surface area contributed by atoms with Gasteiger partial charge in [0.2, 0.25) is 5.78 Å². The molecular formula is C24H16O7. The first-order chi connectivity index (χ1) is 15.2. The molecule has 0 saturated carbocycles. The fourth-order valence-corrected chi connectivity index (χ4v) is 4.14. The molecule has 2 aromatic carbocycles. The van der Waals surface area contributed by atoms with Crippen LogP contribution in [0.1, 0.15) is 39.6 Å². The summed E-state index contributed by atoms with van der Waals surface area (Å²) >= 11 is 0. The molecule has 7 nitrogen and oxygen atoms in total. The highest BCUT2D eigenvalue weighted by atomic mass is 16.6. The molecule has 0 fully saturated rings. The predicted octanol–water partition coefficient (Wildman–Crippen LogP) is 4.11. The molecule has 1 aromatic heterocycles. The van der Waals surface area contributed by atoms with Gasteiger partial charge in [-0.25, -0.2) is 0 Å². The molecular weight excluding hydrogens is 400 g/mol. The Hall–Kier alpha value is -4.00. The lowest BCUT2D eigenvalue weighted by molar-refractivity contribution is -0.135. The van der Waals surface area contributed by atoms with E-state index in [1.807, 2.05) is 18.2 Å². The van der Waals surface area contributed by atoms with Gasteiger partial charge in [-0.1, -0.05) is 6.07 Å². The van der Waals surface area contributed by atoms with Crippen LogP contribution >= 0.6 is 0 Å². The number of allylic oxidation sites excluding steroid dienone is 1. The zero-order valence-corrected chi connectivity index (χ0v) is 16.3. The second kappa shape index (κ2) is 6.77. The fourth-order valence-electron chi connectivity index (χ4n) is 4.14. The predicted molar refractivity (Wildman–Crippen MR) is 108 cm³/mol. The Labute approximate surface area is 176 Å². The van der Waals surface area contributed by atoms with Gasteiger partial charge in [-0.15, -0.1) is 0 Å². The van der Waals surface area contributed by atoms with Gasteiger partial charge in [-0.3, -0.25) is 9.59 Å². The number of rotatable bonds is 2. The quantitative estimate of drug-likeness (QED) is 0.353. The van der Waals surface area contributed by atoms with Crippen molar-refractivity contribution in [2.24, 2.45) is 0 Å². The molecule has 3 aromatic rings. The maximum absolute atomic E-state index is 13.1. The van der Waals surface area contributed by atoms with Crippen molar-refractivity contribution < 1.29 is 33.0 Å². The van der Waals surface area contributed by atoms with Gasteiger partial charge in [0, 0.05) is 5.56 Å². The molecule has 7 heteroatoms. The summed E-state index contributed by atoms with van der Waals surface area (Å²) in [6.07, 6.45) is 3.33. The largest absolute Gasteiger partial charge is 0.486 e. The minimum absolute atomic E-state index is 0.107. The van der Waals surface area contributed by atoms with Crippen molar-refractivity contribution in [3.63, 3.8) is 0 Å². The van der Waals surface area contributed by atoms with E-state index >= 15 is 0 Å². The van der Waals surface area contributed by atoms with E-state index in [1.165, 1.54) is 0 Å². The first-order valence-corrected chi connectivity index (χ1v) is 9.92. The Morgan fingerprint density at radius 1 is 0.903 bits per heavy atom. The molecule has 0 aliphatic carbocycles. The smallest absolute Gasteiger partial charge is 0.312 e. The van der Waals surface area contributed by atoms with Crippen LogP contribution in [0.2, 0.25) is 0 Å². The van der Waals surface area contributed by atoms with Crippen molar-refractivity contribution in [3.05, 3.63) is 76.9 Å². The molecule has 0 unspecified atom stereocenters. The first kappa shape index (κ1) is 17.8. The van der Waals surface area contributed by atoms with Crippen molar-refractivity contribution in [1.29, 1.82) is 0 Å². The molecule has 0 spiro atoms. The van der Waals surface area contributed by atoms with Crippen LogP contribution in [0, 0.1) is 0 Å². The number of hydrogen-bond donors (Lipinski definition) is 0. The Kier molecular flexibility index (Phi) is 3.89. The van der Waals surface area contributed by atoms with Crippen LogP contribution in [-0.4, -0.2) is 25.0 Å². The van der Waals surface area contributed by atoms with E-state index in [-0.39, 0.29) is 29.9 Å². The second-order valence-corrected chi connectivity index (χ2v) is 7.44. The van der Waals surface area contributed by atoms with Crippen LogP contribution in [0.4, 0.5) is 0 Å². The number of Topliss-reactive ketones (excluding diaryl/α,β-unsaturated/α-hetero) is 1. The number of fused-ring (bicyclic) bond motifs is 4. The molecule has 31 heavy (non-hydrogen) atoms. The highest BCUT2D eigenvalue weighted by Gasteiger charge is 2.39. The normalized spacial score (nSPS) is 20.1. The Morgan fingerprint density at radius 2 is 1.74 bits per heavy atom. The topological polar surface area (TPSA) is 84.2 Å². The highest BCUT2D eigenvalue weighted by molar-refractivity contribution is 6.15. The van der Waals surface area contributed by atoms with E-state index in [1.54, 1.807) is 36.6 Å². The molecule has 3 aliphatic heterocycles. The summed E-state index contributed by atoms with van der Waals surface area (Å²) in [5, 5.41) is 0. The summed E-state index contributed by atoms with van der Waals surface area (Å²) in [6.45, 7) is 0.990. The van der Waals surface area contributed by atoms with Gasteiger partial charge in [0.15, 0.2) is 17.3 Å². The summed E-state index contributed by atoms with van der Waals surface area (Å²) in [6, 6.07) is 12.3. The van der Waals surface area contributed by atoms with Crippen LogP contribution in [0.5, 0.6) is 23.0 Å². The second-order valence-electron chi connectivity index (χ2n) is 7.44. The summed E-state index contributed by atoms with van der Waals surface area (Å²) in [5.74, 6) is 1.92. The zero-order chi connectivity index (χ0) is 20.9.